The third kappa shape index (κ3) is 5.12. The summed E-state index contributed by atoms with van der Waals surface area (Å²) in [5.74, 6) is -0.299. The van der Waals surface area contributed by atoms with Crippen molar-refractivity contribution in [2.45, 2.75) is 24.8 Å². The van der Waals surface area contributed by atoms with Crippen LogP contribution in [0.1, 0.15) is 33.8 Å². The molecule has 0 aliphatic rings. The summed E-state index contributed by atoms with van der Waals surface area (Å²) in [6.45, 7) is 4.12. The zero-order chi connectivity index (χ0) is 18.4. The maximum atomic E-state index is 12.6. The molecule has 0 fully saturated rings. The molecule has 2 aromatic rings. The van der Waals surface area contributed by atoms with Crippen LogP contribution in [0.2, 0.25) is 0 Å². The van der Waals surface area contributed by atoms with Crippen molar-refractivity contribution in [3.63, 3.8) is 0 Å². The average molecular weight is 383 g/mol. The van der Waals surface area contributed by atoms with E-state index in [1.165, 1.54) is 19.2 Å². The summed E-state index contributed by atoms with van der Waals surface area (Å²) < 4.78 is 31.9. The molecule has 0 spiro atoms. The Morgan fingerprint density at radius 2 is 2.08 bits per heavy atom. The quantitative estimate of drug-likeness (QED) is 0.687. The fraction of sp³-hybridized carbons (Fsp3) is 0.353. The van der Waals surface area contributed by atoms with E-state index in [0.29, 0.717) is 11.1 Å². The number of sulfonamides is 1. The fourth-order valence-corrected chi connectivity index (χ4v) is 4.03. The van der Waals surface area contributed by atoms with E-state index in [2.05, 4.69) is 10.0 Å². The standard InChI is InChI=1S/C17H22N2O4S2/c1-12-6-7-14(25(21,22)18-8-9-23-3)11-15(12)17(20)19-13(2)16-5-4-10-24-16/h4-7,10-11,13,18H,8-9H2,1-3H3,(H,19,20)/t13-/m1/s1. The highest BCUT2D eigenvalue weighted by atomic mass is 32.2. The first kappa shape index (κ1) is 19.6. The van der Waals surface area contributed by atoms with Gasteiger partial charge in [0.05, 0.1) is 17.5 Å². The second kappa shape index (κ2) is 8.57. The zero-order valence-electron chi connectivity index (χ0n) is 14.4. The predicted octanol–water partition coefficient (Wildman–Crippen LogP) is 2.47. The monoisotopic (exact) mass is 382 g/mol. The Morgan fingerprint density at radius 3 is 2.72 bits per heavy atom. The fourth-order valence-electron chi connectivity index (χ4n) is 2.26. The van der Waals surface area contributed by atoms with Gasteiger partial charge in [-0.15, -0.1) is 11.3 Å². The summed E-state index contributed by atoms with van der Waals surface area (Å²) >= 11 is 1.56. The van der Waals surface area contributed by atoms with E-state index >= 15 is 0 Å². The van der Waals surface area contributed by atoms with E-state index in [1.54, 1.807) is 24.3 Å². The lowest BCUT2D eigenvalue weighted by molar-refractivity contribution is 0.0939. The van der Waals surface area contributed by atoms with E-state index in [1.807, 2.05) is 24.4 Å². The molecule has 1 aromatic carbocycles. The number of amides is 1. The molecule has 6 nitrogen and oxygen atoms in total. The SMILES string of the molecule is COCCNS(=O)(=O)c1ccc(C)c(C(=O)N[C@H](C)c2cccs2)c1. The highest BCUT2D eigenvalue weighted by Gasteiger charge is 2.19. The van der Waals surface area contributed by atoms with Crippen molar-refractivity contribution in [2.24, 2.45) is 0 Å². The lowest BCUT2D eigenvalue weighted by Crippen LogP contribution is -2.29. The van der Waals surface area contributed by atoms with Gasteiger partial charge >= 0.3 is 0 Å². The first-order valence-electron chi connectivity index (χ1n) is 7.78. The summed E-state index contributed by atoms with van der Waals surface area (Å²) in [5.41, 5.74) is 1.06. The molecule has 0 aliphatic carbocycles. The Labute approximate surface area is 152 Å². The van der Waals surface area contributed by atoms with Crippen molar-refractivity contribution in [1.82, 2.24) is 10.0 Å². The number of benzene rings is 1. The Morgan fingerprint density at radius 1 is 1.32 bits per heavy atom. The maximum Gasteiger partial charge on any atom is 0.252 e. The second-order valence-corrected chi connectivity index (χ2v) is 8.32. The van der Waals surface area contributed by atoms with E-state index in [9.17, 15) is 13.2 Å². The zero-order valence-corrected chi connectivity index (χ0v) is 16.0. The highest BCUT2D eigenvalue weighted by molar-refractivity contribution is 7.89. The van der Waals surface area contributed by atoms with Crippen LogP contribution in [0.15, 0.2) is 40.6 Å². The number of hydrogen-bond acceptors (Lipinski definition) is 5. The molecule has 1 heterocycles. The third-order valence-corrected chi connectivity index (χ3v) is 6.19. The van der Waals surface area contributed by atoms with Gasteiger partial charge in [0.25, 0.3) is 5.91 Å². The van der Waals surface area contributed by atoms with Crippen LogP contribution < -0.4 is 10.0 Å². The predicted molar refractivity (Wildman–Crippen MR) is 98.4 cm³/mol. The lowest BCUT2D eigenvalue weighted by Gasteiger charge is -2.14. The number of thiophene rings is 1. The van der Waals surface area contributed by atoms with Crippen LogP contribution in [0, 0.1) is 6.92 Å². The van der Waals surface area contributed by atoms with Gasteiger partial charge in [-0.05, 0) is 43.0 Å². The molecule has 0 aliphatic heterocycles. The van der Waals surface area contributed by atoms with Crippen LogP contribution in [0.25, 0.3) is 0 Å². The van der Waals surface area contributed by atoms with E-state index in [4.69, 9.17) is 4.74 Å². The smallest absolute Gasteiger partial charge is 0.252 e. The van der Waals surface area contributed by atoms with Crippen LogP contribution in [-0.2, 0) is 14.8 Å². The molecule has 136 valence electrons. The van der Waals surface area contributed by atoms with Gasteiger partial charge in [-0.3, -0.25) is 4.79 Å². The Bertz CT molecular complexity index is 817. The number of carbonyl (C=O) groups excluding carboxylic acids is 1. The van der Waals surface area contributed by atoms with Crippen LogP contribution >= 0.6 is 11.3 Å². The van der Waals surface area contributed by atoms with Gasteiger partial charge in [0.15, 0.2) is 0 Å². The van der Waals surface area contributed by atoms with Crippen LogP contribution in [0.3, 0.4) is 0 Å². The minimum atomic E-state index is -3.68. The highest BCUT2D eigenvalue weighted by Crippen LogP contribution is 2.20. The number of rotatable bonds is 8. The number of carbonyl (C=O) groups is 1. The molecule has 0 radical (unpaired) electrons. The molecule has 1 aromatic heterocycles. The van der Waals surface area contributed by atoms with Gasteiger partial charge in [-0.2, -0.15) is 0 Å². The molecule has 0 bridgehead atoms. The Balaban J connectivity index is 2.19. The summed E-state index contributed by atoms with van der Waals surface area (Å²) in [5, 5.41) is 4.85. The minimum absolute atomic E-state index is 0.0585. The molecule has 8 heteroatoms. The number of hydrogen-bond donors (Lipinski definition) is 2. The van der Waals surface area contributed by atoms with Gasteiger partial charge in [0.2, 0.25) is 10.0 Å². The molecule has 2 N–H and O–H groups in total. The molecule has 2 rings (SSSR count). The normalized spacial score (nSPS) is 12.8. The average Bonchev–Trinajstić information content (AvgIpc) is 3.09. The molecule has 1 amide bonds. The summed E-state index contributed by atoms with van der Waals surface area (Å²) in [7, 11) is -2.19. The molecule has 0 unspecified atom stereocenters. The summed E-state index contributed by atoms with van der Waals surface area (Å²) in [4.78, 5) is 13.7. The van der Waals surface area contributed by atoms with Crippen molar-refractivity contribution in [2.75, 3.05) is 20.3 Å². The molecular formula is C17H22N2O4S2. The van der Waals surface area contributed by atoms with Crippen LogP contribution in [-0.4, -0.2) is 34.6 Å². The van der Waals surface area contributed by atoms with Gasteiger partial charge in [0.1, 0.15) is 0 Å². The van der Waals surface area contributed by atoms with Gasteiger partial charge < -0.3 is 10.1 Å². The van der Waals surface area contributed by atoms with Gasteiger partial charge in [0, 0.05) is 24.1 Å². The minimum Gasteiger partial charge on any atom is -0.383 e. The Hall–Kier alpha value is -1.74. The lowest BCUT2D eigenvalue weighted by atomic mass is 10.1. The molecule has 1 atom stereocenters. The van der Waals surface area contributed by atoms with Crippen LogP contribution in [0.4, 0.5) is 0 Å². The molecular weight excluding hydrogens is 360 g/mol. The van der Waals surface area contributed by atoms with Crippen molar-refractivity contribution in [3.05, 3.63) is 51.7 Å². The largest absolute Gasteiger partial charge is 0.383 e. The van der Waals surface area contributed by atoms with Crippen LogP contribution in [0.5, 0.6) is 0 Å². The topological polar surface area (TPSA) is 84.5 Å². The van der Waals surface area contributed by atoms with E-state index < -0.39 is 10.0 Å². The summed E-state index contributed by atoms with van der Waals surface area (Å²) in [6, 6.07) is 8.25. The number of ether oxygens (including phenoxy) is 1. The summed E-state index contributed by atoms with van der Waals surface area (Å²) in [6.07, 6.45) is 0. The van der Waals surface area contributed by atoms with Gasteiger partial charge in [-0.1, -0.05) is 12.1 Å². The Kier molecular flexibility index (Phi) is 6.71. The van der Waals surface area contributed by atoms with E-state index in [-0.39, 0.29) is 30.0 Å². The first-order chi connectivity index (χ1) is 11.8. The number of aryl methyl sites for hydroxylation is 1. The maximum absolute atomic E-state index is 12.6. The number of nitrogens with one attached hydrogen (secondary N) is 2. The molecule has 0 saturated carbocycles. The first-order valence-corrected chi connectivity index (χ1v) is 10.1. The molecule has 0 saturated heterocycles. The van der Waals surface area contributed by atoms with Crippen molar-refractivity contribution in [3.8, 4) is 0 Å². The van der Waals surface area contributed by atoms with Crippen molar-refractivity contribution >= 4 is 27.3 Å². The van der Waals surface area contributed by atoms with Crippen molar-refractivity contribution < 1.29 is 17.9 Å². The van der Waals surface area contributed by atoms with Gasteiger partial charge in [-0.25, -0.2) is 13.1 Å². The van der Waals surface area contributed by atoms with Crippen molar-refractivity contribution in [1.29, 1.82) is 0 Å². The number of methoxy groups -OCH3 is 1. The van der Waals surface area contributed by atoms with E-state index in [0.717, 1.165) is 4.88 Å². The third-order valence-electron chi connectivity index (χ3n) is 3.68. The molecule has 25 heavy (non-hydrogen) atoms. The second-order valence-electron chi connectivity index (χ2n) is 5.58.